The van der Waals surface area contributed by atoms with Crippen molar-refractivity contribution in [2.24, 2.45) is 0 Å². The number of hydrogen-bond acceptors (Lipinski definition) is 3. The van der Waals surface area contributed by atoms with Crippen molar-refractivity contribution < 1.29 is 9.59 Å². The van der Waals surface area contributed by atoms with E-state index in [1.807, 2.05) is 41.4 Å². The number of fused-ring (bicyclic) bond motifs is 3. The minimum Gasteiger partial charge on any atom is -0.332 e. The molecule has 0 saturated carbocycles. The second-order valence-corrected chi connectivity index (χ2v) is 7.62. The molecule has 1 atom stereocenters. The number of piperazine rings is 1. The summed E-state index contributed by atoms with van der Waals surface area (Å²) in [7, 11) is 0. The van der Waals surface area contributed by atoms with E-state index >= 15 is 0 Å². The molecule has 1 fully saturated rings. The highest BCUT2D eigenvalue weighted by Gasteiger charge is 2.38. The predicted molar refractivity (Wildman–Crippen MR) is 103 cm³/mol. The lowest BCUT2D eigenvalue weighted by Gasteiger charge is -2.44. The van der Waals surface area contributed by atoms with Crippen LogP contribution in [0.2, 0.25) is 5.02 Å². The SMILES string of the molecule is O=C(CCCc1cccnc1)N1CC(=O)N2CCc3ccc(Cl)cc3C2C1. The lowest BCUT2D eigenvalue weighted by Crippen LogP contribution is -2.55. The number of carbonyl (C=O) groups is 2. The van der Waals surface area contributed by atoms with E-state index in [1.165, 1.54) is 5.56 Å². The van der Waals surface area contributed by atoms with Crippen LogP contribution in [0.4, 0.5) is 0 Å². The van der Waals surface area contributed by atoms with Crippen LogP contribution in [-0.4, -0.2) is 46.2 Å². The summed E-state index contributed by atoms with van der Waals surface area (Å²) in [5.41, 5.74) is 3.43. The molecule has 0 aliphatic carbocycles. The fraction of sp³-hybridized carbons (Fsp3) is 0.381. The molecule has 2 aliphatic rings. The molecule has 140 valence electrons. The van der Waals surface area contributed by atoms with E-state index in [0.29, 0.717) is 24.5 Å². The number of benzene rings is 1. The monoisotopic (exact) mass is 383 g/mol. The molecule has 6 heteroatoms. The first kappa shape index (κ1) is 18.0. The Morgan fingerprint density at radius 3 is 3.00 bits per heavy atom. The molecule has 0 spiro atoms. The Morgan fingerprint density at radius 1 is 1.30 bits per heavy atom. The summed E-state index contributed by atoms with van der Waals surface area (Å²) in [6.07, 6.45) is 6.43. The third-order valence-electron chi connectivity index (χ3n) is 5.44. The molecule has 1 unspecified atom stereocenters. The van der Waals surface area contributed by atoms with Crippen LogP contribution in [0.3, 0.4) is 0 Å². The smallest absolute Gasteiger partial charge is 0.242 e. The van der Waals surface area contributed by atoms with Crippen molar-refractivity contribution in [2.75, 3.05) is 19.6 Å². The van der Waals surface area contributed by atoms with Crippen molar-refractivity contribution in [3.05, 3.63) is 64.4 Å². The maximum absolute atomic E-state index is 12.7. The quantitative estimate of drug-likeness (QED) is 0.815. The molecule has 27 heavy (non-hydrogen) atoms. The van der Waals surface area contributed by atoms with Gasteiger partial charge in [-0.2, -0.15) is 0 Å². The molecule has 3 heterocycles. The van der Waals surface area contributed by atoms with E-state index in [0.717, 1.165) is 30.4 Å². The van der Waals surface area contributed by atoms with E-state index in [2.05, 4.69) is 4.98 Å². The zero-order chi connectivity index (χ0) is 18.8. The molecular weight excluding hydrogens is 362 g/mol. The third kappa shape index (κ3) is 3.83. The van der Waals surface area contributed by atoms with Gasteiger partial charge in [-0.05, 0) is 54.2 Å². The van der Waals surface area contributed by atoms with E-state index < -0.39 is 0 Å². The van der Waals surface area contributed by atoms with Crippen molar-refractivity contribution in [3.63, 3.8) is 0 Å². The van der Waals surface area contributed by atoms with Gasteiger partial charge >= 0.3 is 0 Å². The standard InChI is InChI=1S/C21H22ClN3O2/c22-17-7-6-16-8-10-25-19(18(16)11-17)13-24(14-21(25)27)20(26)5-1-3-15-4-2-9-23-12-15/h2,4,6-7,9,11-12,19H,1,3,5,8,10,13-14H2. The van der Waals surface area contributed by atoms with Crippen LogP contribution >= 0.6 is 11.6 Å². The number of hydrogen-bond donors (Lipinski definition) is 0. The molecular formula is C21H22ClN3O2. The number of aryl methyl sites for hydroxylation is 1. The number of nitrogens with zero attached hydrogens (tertiary/aromatic N) is 3. The predicted octanol–water partition coefficient (Wildman–Crippen LogP) is 3.03. The first-order valence-corrected chi connectivity index (χ1v) is 9.74. The maximum atomic E-state index is 12.7. The van der Waals surface area contributed by atoms with E-state index in [-0.39, 0.29) is 24.4 Å². The minimum atomic E-state index is -0.0871. The second kappa shape index (κ2) is 7.69. The molecule has 1 saturated heterocycles. The number of halogens is 1. The first-order chi connectivity index (χ1) is 13.1. The van der Waals surface area contributed by atoms with E-state index in [1.54, 1.807) is 11.1 Å². The number of carbonyl (C=O) groups excluding carboxylic acids is 2. The van der Waals surface area contributed by atoms with Crippen molar-refractivity contribution in [2.45, 2.75) is 31.7 Å². The van der Waals surface area contributed by atoms with Gasteiger partial charge in [0.2, 0.25) is 11.8 Å². The Kier molecular flexibility index (Phi) is 5.12. The van der Waals surface area contributed by atoms with Gasteiger partial charge in [-0.25, -0.2) is 0 Å². The van der Waals surface area contributed by atoms with Crippen molar-refractivity contribution in [3.8, 4) is 0 Å². The van der Waals surface area contributed by atoms with Gasteiger partial charge in [0.15, 0.2) is 0 Å². The first-order valence-electron chi connectivity index (χ1n) is 9.36. The van der Waals surface area contributed by atoms with E-state index in [9.17, 15) is 9.59 Å². The van der Waals surface area contributed by atoms with Gasteiger partial charge in [0, 0.05) is 36.9 Å². The van der Waals surface area contributed by atoms with Crippen LogP contribution in [0.25, 0.3) is 0 Å². The number of rotatable bonds is 4. The van der Waals surface area contributed by atoms with Crippen molar-refractivity contribution >= 4 is 23.4 Å². The molecule has 1 aromatic heterocycles. The van der Waals surface area contributed by atoms with Crippen LogP contribution < -0.4 is 0 Å². The zero-order valence-electron chi connectivity index (χ0n) is 15.1. The minimum absolute atomic E-state index is 0.0254. The summed E-state index contributed by atoms with van der Waals surface area (Å²) < 4.78 is 0. The van der Waals surface area contributed by atoms with Gasteiger partial charge in [-0.1, -0.05) is 23.7 Å². The summed E-state index contributed by atoms with van der Waals surface area (Å²) in [6, 6.07) is 9.70. The molecule has 5 nitrogen and oxygen atoms in total. The summed E-state index contributed by atoms with van der Waals surface area (Å²) in [5.74, 6) is 0.0681. The highest BCUT2D eigenvalue weighted by atomic mass is 35.5. The zero-order valence-corrected chi connectivity index (χ0v) is 15.9. The number of aromatic nitrogens is 1. The van der Waals surface area contributed by atoms with Crippen LogP contribution in [-0.2, 0) is 22.4 Å². The molecule has 1 aromatic carbocycles. The van der Waals surface area contributed by atoms with Crippen LogP contribution in [0.15, 0.2) is 42.7 Å². The molecule has 2 aliphatic heterocycles. The Hall–Kier alpha value is -2.40. The fourth-order valence-corrected chi connectivity index (χ4v) is 4.21. The average Bonchev–Trinajstić information content (AvgIpc) is 2.68. The maximum Gasteiger partial charge on any atom is 0.242 e. The topological polar surface area (TPSA) is 53.5 Å². The summed E-state index contributed by atoms with van der Waals surface area (Å²) in [4.78, 5) is 33.0. The van der Waals surface area contributed by atoms with Crippen molar-refractivity contribution in [1.82, 2.24) is 14.8 Å². The van der Waals surface area contributed by atoms with Crippen LogP contribution in [0, 0.1) is 0 Å². The van der Waals surface area contributed by atoms with E-state index in [4.69, 9.17) is 11.6 Å². The van der Waals surface area contributed by atoms with Gasteiger partial charge in [0.05, 0.1) is 12.6 Å². The van der Waals surface area contributed by atoms with Gasteiger partial charge in [-0.15, -0.1) is 0 Å². The fourth-order valence-electron chi connectivity index (χ4n) is 4.03. The van der Waals surface area contributed by atoms with Gasteiger partial charge < -0.3 is 9.80 Å². The number of amides is 2. The molecule has 4 rings (SSSR count). The molecule has 0 bridgehead atoms. The second-order valence-electron chi connectivity index (χ2n) is 7.19. The van der Waals surface area contributed by atoms with Crippen molar-refractivity contribution in [1.29, 1.82) is 0 Å². The highest BCUT2D eigenvalue weighted by molar-refractivity contribution is 6.30. The average molecular weight is 384 g/mol. The molecule has 0 radical (unpaired) electrons. The van der Waals surface area contributed by atoms with Crippen LogP contribution in [0.5, 0.6) is 0 Å². The van der Waals surface area contributed by atoms with Gasteiger partial charge in [-0.3, -0.25) is 14.6 Å². The largest absolute Gasteiger partial charge is 0.332 e. The lowest BCUT2D eigenvalue weighted by atomic mass is 9.90. The highest BCUT2D eigenvalue weighted by Crippen LogP contribution is 2.34. The number of pyridine rings is 1. The Balaban J connectivity index is 1.43. The normalized spacial score (nSPS) is 18.9. The molecule has 2 amide bonds. The summed E-state index contributed by atoms with van der Waals surface area (Å²) in [6.45, 7) is 1.43. The Morgan fingerprint density at radius 2 is 2.19 bits per heavy atom. The summed E-state index contributed by atoms with van der Waals surface area (Å²) in [5, 5.41) is 0.669. The molecule has 2 aromatic rings. The third-order valence-corrected chi connectivity index (χ3v) is 5.67. The summed E-state index contributed by atoms with van der Waals surface area (Å²) >= 11 is 6.18. The van der Waals surface area contributed by atoms with Crippen LogP contribution in [0.1, 0.15) is 35.6 Å². The Bertz CT molecular complexity index is 856. The molecule has 0 N–H and O–H groups in total. The van der Waals surface area contributed by atoms with Gasteiger partial charge in [0.25, 0.3) is 0 Å². The lowest BCUT2D eigenvalue weighted by molar-refractivity contribution is -0.149. The van der Waals surface area contributed by atoms with Gasteiger partial charge in [0.1, 0.15) is 0 Å². The Labute approximate surface area is 163 Å².